The summed E-state index contributed by atoms with van der Waals surface area (Å²) in [6.45, 7) is 5.21. The molecule has 1 fully saturated rings. The van der Waals surface area contributed by atoms with E-state index in [2.05, 4.69) is 35.9 Å². The molecular formula is C15H20N2O. The van der Waals surface area contributed by atoms with Gasteiger partial charge in [-0.15, -0.1) is 0 Å². The van der Waals surface area contributed by atoms with E-state index in [1.54, 1.807) is 0 Å². The Morgan fingerprint density at radius 3 is 2.94 bits per heavy atom. The van der Waals surface area contributed by atoms with Crippen molar-refractivity contribution in [3.05, 3.63) is 29.1 Å². The largest absolute Gasteiger partial charge is 0.378 e. The van der Waals surface area contributed by atoms with Crippen LogP contribution in [0.1, 0.15) is 36.2 Å². The Morgan fingerprint density at radius 1 is 1.33 bits per heavy atom. The number of aromatic nitrogens is 2. The molecule has 1 aliphatic heterocycles. The van der Waals surface area contributed by atoms with Crippen LogP contribution < -0.4 is 0 Å². The van der Waals surface area contributed by atoms with Crippen molar-refractivity contribution in [3.8, 4) is 0 Å². The SMILES string of the molecule is Cc1cc2nc(CCC3CCCO3)[nH]c2cc1C. The van der Waals surface area contributed by atoms with Gasteiger partial charge in [-0.2, -0.15) is 0 Å². The Balaban J connectivity index is 1.76. The Labute approximate surface area is 108 Å². The third-order valence-corrected chi connectivity index (χ3v) is 3.87. The summed E-state index contributed by atoms with van der Waals surface area (Å²) >= 11 is 0. The van der Waals surface area contributed by atoms with Crippen LogP contribution in [0.15, 0.2) is 12.1 Å². The van der Waals surface area contributed by atoms with Crippen molar-refractivity contribution in [1.82, 2.24) is 9.97 Å². The molecule has 3 rings (SSSR count). The van der Waals surface area contributed by atoms with Gasteiger partial charge in [0, 0.05) is 13.0 Å². The number of fused-ring (bicyclic) bond motifs is 1. The maximum atomic E-state index is 5.65. The highest BCUT2D eigenvalue weighted by molar-refractivity contribution is 5.77. The molecular weight excluding hydrogens is 224 g/mol. The van der Waals surface area contributed by atoms with Gasteiger partial charge in [-0.3, -0.25) is 0 Å². The van der Waals surface area contributed by atoms with Crippen molar-refractivity contribution < 1.29 is 4.74 Å². The zero-order valence-electron chi connectivity index (χ0n) is 11.1. The highest BCUT2D eigenvalue weighted by Gasteiger charge is 2.16. The predicted molar refractivity (Wildman–Crippen MR) is 72.9 cm³/mol. The lowest BCUT2D eigenvalue weighted by Crippen LogP contribution is -2.06. The molecule has 1 aliphatic rings. The van der Waals surface area contributed by atoms with Gasteiger partial charge in [-0.1, -0.05) is 0 Å². The van der Waals surface area contributed by atoms with Gasteiger partial charge in [-0.05, 0) is 56.4 Å². The minimum atomic E-state index is 0.446. The summed E-state index contributed by atoms with van der Waals surface area (Å²) in [6, 6.07) is 4.35. The summed E-state index contributed by atoms with van der Waals surface area (Å²) in [6.07, 6.45) is 4.93. The van der Waals surface area contributed by atoms with Crippen molar-refractivity contribution in [2.45, 2.75) is 45.6 Å². The number of aryl methyl sites for hydroxylation is 3. The molecule has 0 bridgehead atoms. The molecule has 2 aromatic rings. The molecule has 0 saturated carbocycles. The first-order valence-electron chi connectivity index (χ1n) is 6.80. The summed E-state index contributed by atoms with van der Waals surface area (Å²) in [5.41, 5.74) is 4.86. The molecule has 1 N–H and O–H groups in total. The topological polar surface area (TPSA) is 37.9 Å². The quantitative estimate of drug-likeness (QED) is 0.899. The third kappa shape index (κ3) is 2.27. The maximum absolute atomic E-state index is 5.65. The van der Waals surface area contributed by atoms with Gasteiger partial charge >= 0.3 is 0 Å². The van der Waals surface area contributed by atoms with E-state index in [0.29, 0.717) is 6.10 Å². The zero-order valence-corrected chi connectivity index (χ0v) is 11.1. The minimum Gasteiger partial charge on any atom is -0.378 e. The molecule has 1 aromatic carbocycles. The summed E-state index contributed by atoms with van der Waals surface area (Å²) < 4.78 is 5.65. The molecule has 18 heavy (non-hydrogen) atoms. The Hall–Kier alpha value is -1.35. The molecule has 0 aliphatic carbocycles. The maximum Gasteiger partial charge on any atom is 0.107 e. The molecule has 2 heterocycles. The van der Waals surface area contributed by atoms with E-state index in [9.17, 15) is 0 Å². The van der Waals surface area contributed by atoms with E-state index in [1.165, 1.54) is 24.0 Å². The first-order valence-corrected chi connectivity index (χ1v) is 6.80. The van der Waals surface area contributed by atoms with E-state index in [-0.39, 0.29) is 0 Å². The predicted octanol–water partition coefficient (Wildman–Crippen LogP) is 3.29. The highest BCUT2D eigenvalue weighted by atomic mass is 16.5. The van der Waals surface area contributed by atoms with E-state index in [0.717, 1.165) is 36.3 Å². The van der Waals surface area contributed by atoms with Gasteiger partial charge in [0.05, 0.1) is 17.1 Å². The average molecular weight is 244 g/mol. The smallest absolute Gasteiger partial charge is 0.107 e. The summed E-state index contributed by atoms with van der Waals surface area (Å²) in [5, 5.41) is 0. The lowest BCUT2D eigenvalue weighted by Gasteiger charge is -2.06. The van der Waals surface area contributed by atoms with E-state index in [1.807, 2.05) is 0 Å². The fraction of sp³-hybridized carbons (Fsp3) is 0.533. The Bertz CT molecular complexity index is 514. The van der Waals surface area contributed by atoms with Crippen molar-refractivity contribution in [3.63, 3.8) is 0 Å². The molecule has 1 aromatic heterocycles. The molecule has 96 valence electrons. The highest BCUT2D eigenvalue weighted by Crippen LogP contribution is 2.20. The molecule has 1 unspecified atom stereocenters. The summed E-state index contributed by atoms with van der Waals surface area (Å²) in [5.74, 6) is 1.09. The van der Waals surface area contributed by atoms with Crippen molar-refractivity contribution in [2.75, 3.05) is 6.61 Å². The van der Waals surface area contributed by atoms with Crippen LogP contribution in [0, 0.1) is 13.8 Å². The fourth-order valence-electron chi connectivity index (χ4n) is 2.61. The van der Waals surface area contributed by atoms with Crippen LogP contribution >= 0.6 is 0 Å². The standard InChI is InChI=1S/C15H20N2O/c1-10-8-13-14(9-11(10)2)17-15(16-13)6-5-12-4-3-7-18-12/h8-9,12H,3-7H2,1-2H3,(H,16,17). The molecule has 1 atom stereocenters. The van der Waals surface area contributed by atoms with Crippen LogP contribution in [-0.4, -0.2) is 22.7 Å². The van der Waals surface area contributed by atoms with Crippen LogP contribution in [0.5, 0.6) is 0 Å². The number of imidazole rings is 1. The van der Waals surface area contributed by atoms with Crippen LogP contribution in [-0.2, 0) is 11.2 Å². The average Bonchev–Trinajstić information content (AvgIpc) is 2.96. The molecule has 0 amide bonds. The molecule has 3 heteroatoms. The lowest BCUT2D eigenvalue weighted by atomic mass is 10.1. The van der Waals surface area contributed by atoms with Gasteiger partial charge in [0.25, 0.3) is 0 Å². The van der Waals surface area contributed by atoms with Gasteiger partial charge in [0.1, 0.15) is 5.82 Å². The van der Waals surface area contributed by atoms with Crippen LogP contribution in [0.2, 0.25) is 0 Å². The molecule has 1 saturated heterocycles. The van der Waals surface area contributed by atoms with E-state index < -0.39 is 0 Å². The van der Waals surface area contributed by atoms with Gasteiger partial charge in [0.2, 0.25) is 0 Å². The van der Waals surface area contributed by atoms with Crippen LogP contribution in [0.3, 0.4) is 0 Å². The van der Waals surface area contributed by atoms with Gasteiger partial charge in [0.15, 0.2) is 0 Å². The molecule has 3 nitrogen and oxygen atoms in total. The molecule has 0 radical (unpaired) electrons. The Kier molecular flexibility index (Phi) is 3.08. The van der Waals surface area contributed by atoms with Gasteiger partial charge in [-0.25, -0.2) is 4.98 Å². The number of hydrogen-bond donors (Lipinski definition) is 1. The number of benzene rings is 1. The summed E-state index contributed by atoms with van der Waals surface area (Å²) in [4.78, 5) is 8.09. The molecule has 0 spiro atoms. The first-order chi connectivity index (χ1) is 8.72. The summed E-state index contributed by atoms with van der Waals surface area (Å²) in [7, 11) is 0. The first kappa shape index (κ1) is 11.7. The van der Waals surface area contributed by atoms with E-state index >= 15 is 0 Å². The zero-order chi connectivity index (χ0) is 12.5. The number of nitrogens with one attached hydrogen (secondary N) is 1. The second kappa shape index (κ2) is 4.73. The third-order valence-electron chi connectivity index (χ3n) is 3.87. The van der Waals surface area contributed by atoms with Crippen LogP contribution in [0.25, 0.3) is 11.0 Å². The number of rotatable bonds is 3. The van der Waals surface area contributed by atoms with Crippen molar-refractivity contribution in [2.24, 2.45) is 0 Å². The second-order valence-electron chi connectivity index (χ2n) is 5.31. The Morgan fingerprint density at radius 2 is 2.17 bits per heavy atom. The van der Waals surface area contributed by atoms with E-state index in [4.69, 9.17) is 4.74 Å². The normalized spacial score (nSPS) is 19.8. The second-order valence-corrected chi connectivity index (χ2v) is 5.31. The number of nitrogens with zero attached hydrogens (tertiary/aromatic N) is 1. The number of H-pyrrole nitrogens is 1. The number of ether oxygens (including phenoxy) is 1. The number of hydrogen-bond acceptors (Lipinski definition) is 2. The number of aromatic amines is 1. The van der Waals surface area contributed by atoms with Crippen molar-refractivity contribution in [1.29, 1.82) is 0 Å². The van der Waals surface area contributed by atoms with Crippen LogP contribution in [0.4, 0.5) is 0 Å². The van der Waals surface area contributed by atoms with Gasteiger partial charge < -0.3 is 9.72 Å². The monoisotopic (exact) mass is 244 g/mol. The minimum absolute atomic E-state index is 0.446. The van der Waals surface area contributed by atoms with Crippen molar-refractivity contribution >= 4 is 11.0 Å². The fourth-order valence-corrected chi connectivity index (χ4v) is 2.61. The lowest BCUT2D eigenvalue weighted by molar-refractivity contribution is 0.104.